The Balaban J connectivity index is 2.52. The highest BCUT2D eigenvalue weighted by atomic mass is 79.9. The van der Waals surface area contributed by atoms with Crippen LogP contribution in [-0.4, -0.2) is 17.7 Å². The van der Waals surface area contributed by atoms with Crippen LogP contribution in [0.25, 0.3) is 0 Å². The number of hydrogen-bond donors (Lipinski definition) is 1. The van der Waals surface area contributed by atoms with Crippen molar-refractivity contribution < 1.29 is 9.59 Å². The number of nitrogens with two attached hydrogens (primary N) is 1. The molecule has 0 spiro atoms. The monoisotopic (exact) mass is 408 g/mol. The van der Waals surface area contributed by atoms with Gasteiger partial charge in [-0.25, -0.2) is 0 Å². The Labute approximate surface area is 154 Å². The maximum Gasteiger partial charge on any atom is 0.245 e. The van der Waals surface area contributed by atoms with Crippen LogP contribution in [0, 0.1) is 6.92 Å². The van der Waals surface area contributed by atoms with Gasteiger partial charge in [-0.2, -0.15) is 0 Å². The van der Waals surface area contributed by atoms with Crippen molar-refractivity contribution in [1.29, 1.82) is 0 Å². The van der Waals surface area contributed by atoms with E-state index < -0.39 is 11.9 Å². The first-order valence-corrected chi connectivity index (χ1v) is 8.76. The summed E-state index contributed by atoms with van der Waals surface area (Å²) in [7, 11) is 0. The van der Waals surface area contributed by atoms with Crippen LogP contribution in [0.5, 0.6) is 0 Å². The molecule has 24 heavy (non-hydrogen) atoms. The number of halogens is 2. The molecule has 2 aromatic carbocycles. The van der Waals surface area contributed by atoms with Gasteiger partial charge in [-0.3, -0.25) is 14.5 Å². The minimum Gasteiger partial charge on any atom is -0.368 e. The fourth-order valence-electron chi connectivity index (χ4n) is 2.43. The first-order valence-electron chi connectivity index (χ1n) is 7.43. The van der Waals surface area contributed by atoms with Crippen molar-refractivity contribution in [1.82, 2.24) is 0 Å². The summed E-state index contributed by atoms with van der Waals surface area (Å²) < 4.78 is 0.878. The van der Waals surface area contributed by atoms with Gasteiger partial charge in [0.2, 0.25) is 11.8 Å². The summed E-state index contributed by atoms with van der Waals surface area (Å²) in [5, 5.41) is 0. The van der Waals surface area contributed by atoms with Crippen LogP contribution in [0.3, 0.4) is 0 Å². The molecule has 0 heterocycles. The molecule has 2 aromatic rings. The van der Waals surface area contributed by atoms with Gasteiger partial charge in [-0.05, 0) is 36.8 Å². The van der Waals surface area contributed by atoms with Gasteiger partial charge >= 0.3 is 0 Å². The van der Waals surface area contributed by atoms with E-state index >= 15 is 0 Å². The molecule has 1 atom stereocenters. The van der Waals surface area contributed by atoms with Gasteiger partial charge in [0.15, 0.2) is 0 Å². The Morgan fingerprint density at radius 3 is 2.21 bits per heavy atom. The molecule has 0 aliphatic carbocycles. The molecule has 0 aliphatic rings. The van der Waals surface area contributed by atoms with Gasteiger partial charge in [-0.1, -0.05) is 45.8 Å². The van der Waals surface area contributed by atoms with E-state index in [1.165, 1.54) is 4.90 Å². The second-order valence-electron chi connectivity index (χ2n) is 5.39. The first-order chi connectivity index (χ1) is 11.4. The van der Waals surface area contributed by atoms with Crippen LogP contribution >= 0.6 is 27.5 Å². The Bertz CT molecular complexity index is 717. The first kappa shape index (κ1) is 18.5. The number of aryl methyl sites for hydroxylation is 1. The number of nitrogens with zero attached hydrogens (tertiary/aromatic N) is 1. The minimum absolute atomic E-state index is 0.121. The number of amides is 2. The predicted octanol–water partition coefficient (Wildman–Crippen LogP) is 3.95. The normalized spacial score (nSPS) is 11.8. The van der Waals surface area contributed by atoms with Gasteiger partial charge in [-0.15, -0.1) is 11.6 Å². The summed E-state index contributed by atoms with van der Waals surface area (Å²) in [5.41, 5.74) is 7.95. The van der Waals surface area contributed by atoms with Crippen molar-refractivity contribution in [3.8, 4) is 0 Å². The molecule has 1 unspecified atom stereocenters. The van der Waals surface area contributed by atoms with Gasteiger partial charge in [0.05, 0.1) is 0 Å². The lowest BCUT2D eigenvalue weighted by molar-refractivity contribution is -0.124. The lowest BCUT2D eigenvalue weighted by atomic mass is 10.0. The van der Waals surface area contributed by atoms with E-state index in [1.54, 1.807) is 24.3 Å². The number of hydrogen-bond acceptors (Lipinski definition) is 2. The van der Waals surface area contributed by atoms with Gasteiger partial charge in [0.1, 0.15) is 6.04 Å². The number of rotatable bonds is 6. The van der Waals surface area contributed by atoms with Gasteiger partial charge in [0, 0.05) is 22.5 Å². The van der Waals surface area contributed by atoms with E-state index in [4.69, 9.17) is 17.3 Å². The van der Waals surface area contributed by atoms with Crippen molar-refractivity contribution in [2.75, 3.05) is 10.8 Å². The lowest BCUT2D eigenvalue weighted by Gasteiger charge is -2.30. The number of carbonyl (C=O) groups excluding carboxylic acids is 2. The number of primary amides is 1. The van der Waals surface area contributed by atoms with E-state index in [0.29, 0.717) is 11.3 Å². The smallest absolute Gasteiger partial charge is 0.245 e. The second-order valence-corrected chi connectivity index (χ2v) is 6.69. The molecule has 0 saturated heterocycles. The molecule has 6 heteroatoms. The van der Waals surface area contributed by atoms with E-state index in [2.05, 4.69) is 15.9 Å². The van der Waals surface area contributed by atoms with Crippen molar-refractivity contribution in [3.63, 3.8) is 0 Å². The molecular formula is C18H18BrClN2O2. The van der Waals surface area contributed by atoms with Crippen LogP contribution in [0.15, 0.2) is 53.0 Å². The fraction of sp³-hybridized carbons (Fsp3) is 0.222. The Kier molecular flexibility index (Phi) is 6.40. The molecule has 0 aromatic heterocycles. The molecule has 0 radical (unpaired) electrons. The van der Waals surface area contributed by atoms with E-state index in [0.717, 1.165) is 10.0 Å². The number of alkyl halides is 1. The zero-order valence-electron chi connectivity index (χ0n) is 13.2. The van der Waals surface area contributed by atoms with Crippen molar-refractivity contribution in [2.24, 2.45) is 5.73 Å². The average molecular weight is 410 g/mol. The maximum absolute atomic E-state index is 12.6. The second kappa shape index (κ2) is 8.31. The zero-order chi connectivity index (χ0) is 17.7. The Hall–Kier alpha value is -1.85. The van der Waals surface area contributed by atoms with Gasteiger partial charge < -0.3 is 5.73 Å². The molecule has 0 aliphatic heterocycles. The third kappa shape index (κ3) is 4.36. The van der Waals surface area contributed by atoms with Crippen LogP contribution in [-0.2, 0) is 9.59 Å². The molecule has 0 bridgehead atoms. The Morgan fingerprint density at radius 1 is 1.12 bits per heavy atom. The van der Waals surface area contributed by atoms with E-state index in [-0.39, 0.29) is 18.2 Å². The summed E-state index contributed by atoms with van der Waals surface area (Å²) in [4.78, 5) is 26.2. The average Bonchev–Trinajstić information content (AvgIpc) is 2.54. The SMILES string of the molecule is Cc1ccc(N(C(=O)CCCl)C(C(N)=O)c2ccc(Br)cc2)cc1. The highest BCUT2D eigenvalue weighted by molar-refractivity contribution is 9.10. The molecule has 126 valence electrons. The van der Waals surface area contributed by atoms with Crippen molar-refractivity contribution >= 4 is 45.0 Å². The summed E-state index contributed by atoms with van der Waals surface area (Å²) in [6.07, 6.45) is 0.121. The third-order valence-corrected chi connectivity index (χ3v) is 4.32. The lowest BCUT2D eigenvalue weighted by Crippen LogP contribution is -2.42. The fourth-order valence-corrected chi connectivity index (χ4v) is 2.86. The summed E-state index contributed by atoms with van der Waals surface area (Å²) >= 11 is 9.10. The van der Waals surface area contributed by atoms with Gasteiger partial charge in [0.25, 0.3) is 0 Å². The number of benzene rings is 2. The molecule has 0 saturated carbocycles. The molecule has 2 amide bonds. The van der Waals surface area contributed by atoms with Crippen LogP contribution in [0.2, 0.25) is 0 Å². The van der Waals surface area contributed by atoms with E-state index in [9.17, 15) is 9.59 Å². The van der Waals surface area contributed by atoms with E-state index in [1.807, 2.05) is 31.2 Å². The quantitative estimate of drug-likeness (QED) is 0.734. The highest BCUT2D eigenvalue weighted by Crippen LogP contribution is 2.29. The Morgan fingerprint density at radius 2 is 1.71 bits per heavy atom. The summed E-state index contributed by atoms with van der Waals surface area (Å²) in [6.45, 7) is 1.95. The number of anilines is 1. The topological polar surface area (TPSA) is 63.4 Å². The zero-order valence-corrected chi connectivity index (χ0v) is 15.5. The molecule has 2 rings (SSSR count). The largest absolute Gasteiger partial charge is 0.368 e. The predicted molar refractivity (Wildman–Crippen MR) is 100 cm³/mol. The van der Waals surface area contributed by atoms with Crippen LogP contribution < -0.4 is 10.6 Å². The summed E-state index contributed by atoms with van der Waals surface area (Å²) in [6, 6.07) is 13.6. The standard InChI is InChI=1S/C18H18BrClN2O2/c1-12-2-8-15(9-3-12)22(16(23)10-11-20)17(18(21)24)13-4-6-14(19)7-5-13/h2-9,17H,10-11H2,1H3,(H2,21,24). The molecular weight excluding hydrogens is 392 g/mol. The maximum atomic E-state index is 12.6. The van der Waals surface area contributed by atoms with Crippen molar-refractivity contribution in [2.45, 2.75) is 19.4 Å². The van der Waals surface area contributed by atoms with Crippen LogP contribution in [0.1, 0.15) is 23.6 Å². The van der Waals surface area contributed by atoms with Crippen molar-refractivity contribution in [3.05, 3.63) is 64.1 Å². The molecule has 4 nitrogen and oxygen atoms in total. The number of carbonyl (C=O) groups is 2. The third-order valence-electron chi connectivity index (χ3n) is 3.60. The summed E-state index contributed by atoms with van der Waals surface area (Å²) in [5.74, 6) is -0.672. The molecule has 0 fully saturated rings. The molecule has 2 N–H and O–H groups in total. The van der Waals surface area contributed by atoms with Crippen LogP contribution in [0.4, 0.5) is 5.69 Å². The highest BCUT2D eigenvalue weighted by Gasteiger charge is 2.30. The minimum atomic E-state index is -0.892.